The summed E-state index contributed by atoms with van der Waals surface area (Å²) in [6.45, 7) is 5.93. The second kappa shape index (κ2) is 6.50. The van der Waals surface area contributed by atoms with E-state index in [-0.39, 0.29) is 12.5 Å². The molecule has 13 heavy (non-hydrogen) atoms. The van der Waals surface area contributed by atoms with Crippen LogP contribution in [0.2, 0.25) is 0 Å². The van der Waals surface area contributed by atoms with Gasteiger partial charge in [0.2, 0.25) is 0 Å². The fraction of sp³-hybridized carbons (Fsp3) is 0.700. The summed E-state index contributed by atoms with van der Waals surface area (Å²) < 4.78 is 0. The smallest absolute Gasteiger partial charge is 0.295 e. The summed E-state index contributed by atoms with van der Waals surface area (Å²) in [7, 11) is 0. The van der Waals surface area contributed by atoms with Crippen LogP contribution in [0.4, 0.5) is 0 Å². The lowest BCUT2D eigenvalue weighted by atomic mass is 10.1. The lowest BCUT2D eigenvalue weighted by molar-refractivity contribution is -0.116. The van der Waals surface area contributed by atoms with Crippen molar-refractivity contribution in [3.05, 3.63) is 0 Å². The summed E-state index contributed by atoms with van der Waals surface area (Å²) in [4.78, 5) is 10.8. The predicted molar refractivity (Wildman–Crippen MR) is 51.9 cm³/mol. The molecular weight excluding hydrogens is 166 g/mol. The molecule has 0 radical (unpaired) electrons. The maximum absolute atomic E-state index is 10.8. The SMILES string of the molecule is CC#CC(=O)NCC(O)CC(C)C. The fourth-order valence-corrected chi connectivity index (χ4v) is 0.996. The molecule has 0 saturated heterocycles. The summed E-state index contributed by atoms with van der Waals surface area (Å²) in [6, 6.07) is 0. The van der Waals surface area contributed by atoms with Gasteiger partial charge in [-0.2, -0.15) is 0 Å². The quantitative estimate of drug-likeness (QED) is 0.625. The van der Waals surface area contributed by atoms with Gasteiger partial charge in [0.1, 0.15) is 0 Å². The normalized spacial score (nSPS) is 11.8. The molecule has 1 unspecified atom stereocenters. The molecule has 0 saturated carbocycles. The first-order chi connectivity index (χ1) is 6.06. The second-order valence-electron chi connectivity index (χ2n) is 3.37. The first-order valence-electron chi connectivity index (χ1n) is 4.45. The van der Waals surface area contributed by atoms with Crippen molar-refractivity contribution in [2.75, 3.05) is 6.54 Å². The number of aliphatic hydroxyl groups excluding tert-OH is 1. The summed E-state index contributed by atoms with van der Waals surface area (Å²) in [6.07, 6.45) is 0.224. The Balaban J connectivity index is 3.61. The number of nitrogens with one attached hydrogen (secondary N) is 1. The van der Waals surface area contributed by atoms with Gasteiger partial charge in [-0.3, -0.25) is 4.79 Å². The zero-order chi connectivity index (χ0) is 10.3. The Bertz CT molecular complexity index is 213. The third-order valence-electron chi connectivity index (χ3n) is 1.48. The minimum Gasteiger partial charge on any atom is -0.391 e. The number of amides is 1. The van der Waals surface area contributed by atoms with Crippen LogP contribution in [0.15, 0.2) is 0 Å². The lowest BCUT2D eigenvalue weighted by Crippen LogP contribution is -2.31. The van der Waals surface area contributed by atoms with Gasteiger partial charge in [0.25, 0.3) is 5.91 Å². The molecule has 0 fully saturated rings. The molecule has 0 aromatic carbocycles. The van der Waals surface area contributed by atoms with Crippen LogP contribution in [-0.2, 0) is 4.79 Å². The molecule has 0 aliphatic heterocycles. The molecule has 0 aliphatic rings. The number of carbonyl (C=O) groups is 1. The standard InChI is InChI=1S/C10H17NO2/c1-4-5-10(13)11-7-9(12)6-8(2)3/h8-9,12H,6-7H2,1-3H3,(H,11,13). The highest BCUT2D eigenvalue weighted by molar-refractivity contribution is 5.93. The summed E-state index contributed by atoms with van der Waals surface area (Å²) in [5.74, 6) is 4.94. The van der Waals surface area contributed by atoms with Crippen molar-refractivity contribution in [2.24, 2.45) is 5.92 Å². The van der Waals surface area contributed by atoms with E-state index in [0.29, 0.717) is 12.3 Å². The third-order valence-corrected chi connectivity index (χ3v) is 1.48. The monoisotopic (exact) mass is 183 g/mol. The topological polar surface area (TPSA) is 49.3 Å². The molecule has 1 amide bonds. The van der Waals surface area contributed by atoms with Gasteiger partial charge < -0.3 is 10.4 Å². The predicted octanol–water partition coefficient (Wildman–Crippen LogP) is 0.533. The van der Waals surface area contributed by atoms with Gasteiger partial charge in [0.15, 0.2) is 0 Å². The number of hydrogen-bond donors (Lipinski definition) is 2. The van der Waals surface area contributed by atoms with Crippen molar-refractivity contribution in [3.63, 3.8) is 0 Å². The first-order valence-corrected chi connectivity index (χ1v) is 4.45. The number of aliphatic hydroxyl groups is 1. The molecule has 74 valence electrons. The number of hydrogen-bond acceptors (Lipinski definition) is 2. The number of carbonyl (C=O) groups excluding carboxylic acids is 1. The van der Waals surface area contributed by atoms with Gasteiger partial charge in [0, 0.05) is 6.54 Å². The van der Waals surface area contributed by atoms with E-state index in [4.69, 9.17) is 0 Å². The highest BCUT2D eigenvalue weighted by Crippen LogP contribution is 2.02. The van der Waals surface area contributed by atoms with Crippen LogP contribution in [-0.4, -0.2) is 23.7 Å². The van der Waals surface area contributed by atoms with E-state index < -0.39 is 6.10 Å². The van der Waals surface area contributed by atoms with Gasteiger partial charge in [-0.1, -0.05) is 19.8 Å². The van der Waals surface area contributed by atoms with Crippen molar-refractivity contribution >= 4 is 5.91 Å². The van der Waals surface area contributed by atoms with E-state index >= 15 is 0 Å². The number of rotatable bonds is 4. The van der Waals surface area contributed by atoms with Crippen molar-refractivity contribution in [1.82, 2.24) is 5.32 Å². The molecule has 0 aromatic rings. The van der Waals surface area contributed by atoms with Crippen molar-refractivity contribution in [3.8, 4) is 11.8 Å². The average molecular weight is 183 g/mol. The Labute approximate surface area is 79.5 Å². The highest BCUT2D eigenvalue weighted by Gasteiger charge is 2.07. The van der Waals surface area contributed by atoms with Gasteiger partial charge in [0.05, 0.1) is 6.10 Å². The van der Waals surface area contributed by atoms with E-state index in [1.165, 1.54) is 0 Å². The Hall–Kier alpha value is -1.01. The molecule has 0 rings (SSSR count). The Morgan fingerprint density at radius 3 is 2.62 bits per heavy atom. The van der Waals surface area contributed by atoms with Crippen LogP contribution < -0.4 is 5.32 Å². The van der Waals surface area contributed by atoms with Crippen molar-refractivity contribution in [2.45, 2.75) is 33.3 Å². The highest BCUT2D eigenvalue weighted by atomic mass is 16.3. The van der Waals surface area contributed by atoms with Crippen LogP contribution in [0, 0.1) is 17.8 Å². The zero-order valence-electron chi connectivity index (χ0n) is 8.42. The van der Waals surface area contributed by atoms with Crippen LogP contribution >= 0.6 is 0 Å². The van der Waals surface area contributed by atoms with E-state index in [9.17, 15) is 9.90 Å². The van der Waals surface area contributed by atoms with E-state index in [1.807, 2.05) is 13.8 Å². The Kier molecular flexibility index (Phi) is 5.99. The molecule has 0 heterocycles. The van der Waals surface area contributed by atoms with E-state index in [1.54, 1.807) is 6.92 Å². The zero-order valence-corrected chi connectivity index (χ0v) is 8.42. The third kappa shape index (κ3) is 7.35. The molecule has 3 nitrogen and oxygen atoms in total. The van der Waals surface area contributed by atoms with Gasteiger partial charge in [-0.15, -0.1) is 0 Å². The molecule has 3 heteroatoms. The first kappa shape index (κ1) is 12.0. The Morgan fingerprint density at radius 2 is 2.15 bits per heavy atom. The van der Waals surface area contributed by atoms with Crippen molar-refractivity contribution in [1.29, 1.82) is 0 Å². The average Bonchev–Trinajstić information content (AvgIpc) is 2.00. The molecule has 0 aromatic heterocycles. The minimum atomic E-state index is -0.470. The lowest BCUT2D eigenvalue weighted by Gasteiger charge is -2.12. The second-order valence-corrected chi connectivity index (χ2v) is 3.37. The van der Waals surface area contributed by atoms with Crippen LogP contribution in [0.25, 0.3) is 0 Å². The van der Waals surface area contributed by atoms with Crippen LogP contribution in [0.3, 0.4) is 0 Å². The largest absolute Gasteiger partial charge is 0.391 e. The van der Waals surface area contributed by atoms with Crippen molar-refractivity contribution < 1.29 is 9.90 Å². The molecule has 0 bridgehead atoms. The Morgan fingerprint density at radius 1 is 1.54 bits per heavy atom. The molecule has 2 N–H and O–H groups in total. The molecular formula is C10H17NO2. The summed E-state index contributed by atoms with van der Waals surface area (Å²) >= 11 is 0. The molecule has 0 spiro atoms. The van der Waals surface area contributed by atoms with Gasteiger partial charge >= 0.3 is 0 Å². The van der Waals surface area contributed by atoms with E-state index in [2.05, 4.69) is 17.2 Å². The summed E-state index contributed by atoms with van der Waals surface area (Å²) in [5, 5.41) is 11.9. The van der Waals surface area contributed by atoms with Crippen LogP contribution in [0.1, 0.15) is 27.2 Å². The maximum atomic E-state index is 10.8. The van der Waals surface area contributed by atoms with E-state index in [0.717, 1.165) is 0 Å². The fourth-order valence-electron chi connectivity index (χ4n) is 0.996. The van der Waals surface area contributed by atoms with Gasteiger partial charge in [-0.05, 0) is 25.2 Å². The van der Waals surface area contributed by atoms with Crippen LogP contribution in [0.5, 0.6) is 0 Å². The van der Waals surface area contributed by atoms with Gasteiger partial charge in [-0.25, -0.2) is 0 Å². The molecule has 1 atom stereocenters. The minimum absolute atomic E-state index is 0.283. The maximum Gasteiger partial charge on any atom is 0.295 e. The molecule has 0 aliphatic carbocycles. The summed E-state index contributed by atoms with van der Waals surface area (Å²) in [5.41, 5.74) is 0.